The van der Waals surface area contributed by atoms with E-state index >= 15 is 0 Å². The molecular weight excluding hydrogens is 243 g/mol. The van der Waals surface area contributed by atoms with Gasteiger partial charge in [0.25, 0.3) is 0 Å². The van der Waals surface area contributed by atoms with Crippen molar-refractivity contribution in [3.8, 4) is 5.75 Å². The molecule has 0 bridgehead atoms. The molecule has 0 spiro atoms. The molecule has 0 saturated carbocycles. The van der Waals surface area contributed by atoms with Gasteiger partial charge in [-0.2, -0.15) is 0 Å². The summed E-state index contributed by atoms with van der Waals surface area (Å²) in [5.74, 6) is -0.218. The van der Waals surface area contributed by atoms with Gasteiger partial charge < -0.3 is 4.74 Å². The molecule has 2 aromatic carbocycles. The van der Waals surface area contributed by atoms with E-state index in [1.165, 1.54) is 6.07 Å². The maximum atomic E-state index is 13.7. The number of halogens is 1. The fourth-order valence-corrected chi connectivity index (χ4v) is 1.83. The lowest BCUT2D eigenvalue weighted by Crippen LogP contribution is -2.25. The zero-order valence-corrected chi connectivity index (χ0v) is 11.6. The maximum absolute atomic E-state index is 13.7. The summed E-state index contributed by atoms with van der Waals surface area (Å²) in [5.41, 5.74) is -0.0987. The molecule has 0 aliphatic heterocycles. The molecule has 3 heteroatoms. The molecule has 0 saturated heterocycles. The third kappa shape index (κ3) is 2.60. The number of aryl methyl sites for hydroxylation is 1. The topological polar surface area (TPSA) is 26.3 Å². The Labute approximate surface area is 112 Å². The molecule has 2 aromatic rings. The molecule has 0 fully saturated rings. The first-order chi connectivity index (χ1) is 8.80. The van der Waals surface area contributed by atoms with E-state index in [0.717, 1.165) is 5.39 Å². The molecule has 0 aliphatic rings. The highest BCUT2D eigenvalue weighted by Crippen LogP contribution is 2.31. The first kappa shape index (κ1) is 13.5. The normalized spacial score (nSPS) is 11.6. The molecule has 0 aliphatic carbocycles. The van der Waals surface area contributed by atoms with Crippen LogP contribution in [0.1, 0.15) is 26.3 Å². The smallest absolute Gasteiger partial charge is 0.316 e. The monoisotopic (exact) mass is 260 g/mol. The zero-order valence-electron chi connectivity index (χ0n) is 11.6. The Kier molecular flexibility index (Phi) is 3.31. The molecule has 19 heavy (non-hydrogen) atoms. The lowest BCUT2D eigenvalue weighted by molar-refractivity contribution is -0.142. The third-order valence-corrected chi connectivity index (χ3v) is 3.02. The maximum Gasteiger partial charge on any atom is 0.316 e. The number of rotatable bonds is 1. The molecule has 0 heterocycles. The van der Waals surface area contributed by atoms with Crippen LogP contribution in [0.25, 0.3) is 10.8 Å². The van der Waals surface area contributed by atoms with Gasteiger partial charge in [0, 0.05) is 5.39 Å². The number of hydrogen-bond acceptors (Lipinski definition) is 2. The molecule has 2 nitrogen and oxygen atoms in total. The van der Waals surface area contributed by atoms with Crippen LogP contribution in [0.15, 0.2) is 30.3 Å². The minimum absolute atomic E-state index is 0.299. The largest absolute Gasteiger partial charge is 0.425 e. The van der Waals surface area contributed by atoms with E-state index in [2.05, 4.69) is 0 Å². The van der Waals surface area contributed by atoms with E-state index in [-0.39, 0.29) is 11.8 Å². The van der Waals surface area contributed by atoms with Crippen LogP contribution in [0.5, 0.6) is 5.75 Å². The van der Waals surface area contributed by atoms with Crippen LogP contribution < -0.4 is 4.74 Å². The average molecular weight is 260 g/mol. The number of hydrogen-bond donors (Lipinski definition) is 0. The number of ether oxygens (including phenoxy) is 1. The Morgan fingerprint density at radius 1 is 1.16 bits per heavy atom. The Balaban J connectivity index is 2.55. The summed E-state index contributed by atoms with van der Waals surface area (Å²) >= 11 is 0. The van der Waals surface area contributed by atoms with Gasteiger partial charge in [-0.05, 0) is 50.8 Å². The summed E-state index contributed by atoms with van der Waals surface area (Å²) in [7, 11) is 0. The van der Waals surface area contributed by atoms with Gasteiger partial charge in [-0.3, -0.25) is 4.79 Å². The SMILES string of the molecule is Cc1c(F)ccc2cccc(OC(=O)C(C)(C)C)c12. The van der Waals surface area contributed by atoms with Crippen molar-refractivity contribution in [2.45, 2.75) is 27.7 Å². The standard InChI is InChI=1S/C16H17FO2/c1-10-12(17)9-8-11-6-5-7-13(14(10)11)19-15(18)16(2,3)4/h5-9H,1-4H3. The van der Waals surface area contributed by atoms with Crippen molar-refractivity contribution in [1.82, 2.24) is 0 Å². The Morgan fingerprint density at radius 3 is 2.47 bits per heavy atom. The minimum Gasteiger partial charge on any atom is -0.425 e. The summed E-state index contributed by atoms with van der Waals surface area (Å²) in [6, 6.07) is 8.47. The second-order valence-electron chi connectivity index (χ2n) is 5.67. The molecule has 0 radical (unpaired) electrons. The molecule has 100 valence electrons. The number of carbonyl (C=O) groups excluding carboxylic acids is 1. The van der Waals surface area contributed by atoms with E-state index in [4.69, 9.17) is 4.74 Å². The fraction of sp³-hybridized carbons (Fsp3) is 0.312. The lowest BCUT2D eigenvalue weighted by Gasteiger charge is -2.18. The average Bonchev–Trinajstić information content (AvgIpc) is 2.33. The fourth-order valence-electron chi connectivity index (χ4n) is 1.83. The van der Waals surface area contributed by atoms with Crippen LogP contribution in [0.3, 0.4) is 0 Å². The number of carbonyl (C=O) groups is 1. The van der Waals surface area contributed by atoms with Crippen molar-refractivity contribution in [3.63, 3.8) is 0 Å². The van der Waals surface area contributed by atoms with Gasteiger partial charge in [-0.25, -0.2) is 4.39 Å². The predicted molar refractivity (Wildman–Crippen MR) is 73.7 cm³/mol. The summed E-state index contributed by atoms with van der Waals surface area (Å²) in [6.45, 7) is 7.04. The van der Waals surface area contributed by atoms with Gasteiger partial charge in [-0.1, -0.05) is 18.2 Å². The van der Waals surface area contributed by atoms with Gasteiger partial charge in [0.1, 0.15) is 11.6 Å². The van der Waals surface area contributed by atoms with E-state index in [1.54, 1.807) is 45.9 Å². The lowest BCUT2D eigenvalue weighted by atomic mass is 9.97. The van der Waals surface area contributed by atoms with Gasteiger partial charge in [-0.15, -0.1) is 0 Å². The van der Waals surface area contributed by atoms with E-state index in [1.807, 2.05) is 6.07 Å². The molecule has 0 N–H and O–H groups in total. The quantitative estimate of drug-likeness (QED) is 0.566. The van der Waals surface area contributed by atoms with E-state index < -0.39 is 5.41 Å². The molecule has 0 amide bonds. The zero-order chi connectivity index (χ0) is 14.2. The van der Waals surface area contributed by atoms with Crippen LogP contribution in [0, 0.1) is 18.2 Å². The predicted octanol–water partition coefficient (Wildman–Crippen LogP) is 4.24. The van der Waals surface area contributed by atoms with Crippen molar-refractivity contribution >= 4 is 16.7 Å². The summed E-state index contributed by atoms with van der Waals surface area (Å²) in [4.78, 5) is 12.0. The molecule has 0 unspecified atom stereocenters. The van der Waals surface area contributed by atoms with Crippen molar-refractivity contribution < 1.29 is 13.9 Å². The van der Waals surface area contributed by atoms with Gasteiger partial charge in [0.15, 0.2) is 0 Å². The van der Waals surface area contributed by atoms with Gasteiger partial charge >= 0.3 is 5.97 Å². The van der Waals surface area contributed by atoms with Crippen LogP contribution in [0.4, 0.5) is 4.39 Å². The van der Waals surface area contributed by atoms with E-state index in [0.29, 0.717) is 16.7 Å². The van der Waals surface area contributed by atoms with Crippen molar-refractivity contribution in [3.05, 3.63) is 41.7 Å². The van der Waals surface area contributed by atoms with Crippen molar-refractivity contribution in [1.29, 1.82) is 0 Å². The summed E-state index contributed by atoms with van der Waals surface area (Å²) in [5, 5.41) is 1.51. The first-order valence-electron chi connectivity index (χ1n) is 6.21. The highest BCUT2D eigenvalue weighted by atomic mass is 19.1. The molecule has 2 rings (SSSR count). The first-order valence-corrected chi connectivity index (χ1v) is 6.21. The van der Waals surface area contributed by atoms with Crippen molar-refractivity contribution in [2.75, 3.05) is 0 Å². The molecule has 0 atom stereocenters. The number of esters is 1. The van der Waals surface area contributed by atoms with Gasteiger partial charge in [0.2, 0.25) is 0 Å². The highest BCUT2D eigenvalue weighted by Gasteiger charge is 2.24. The minimum atomic E-state index is -0.594. The third-order valence-electron chi connectivity index (χ3n) is 3.02. The Hall–Kier alpha value is -1.90. The molecule has 0 aromatic heterocycles. The van der Waals surface area contributed by atoms with Crippen LogP contribution in [-0.2, 0) is 4.79 Å². The number of benzene rings is 2. The Bertz CT molecular complexity index is 639. The Morgan fingerprint density at radius 2 is 1.84 bits per heavy atom. The second-order valence-corrected chi connectivity index (χ2v) is 5.67. The van der Waals surface area contributed by atoms with Gasteiger partial charge in [0.05, 0.1) is 5.41 Å². The highest BCUT2D eigenvalue weighted by molar-refractivity contribution is 5.93. The van der Waals surface area contributed by atoms with Crippen molar-refractivity contribution in [2.24, 2.45) is 5.41 Å². The van der Waals surface area contributed by atoms with Crippen LogP contribution in [-0.4, -0.2) is 5.97 Å². The van der Waals surface area contributed by atoms with E-state index in [9.17, 15) is 9.18 Å². The number of fused-ring (bicyclic) bond motifs is 1. The summed E-state index contributed by atoms with van der Waals surface area (Å²) < 4.78 is 19.1. The van der Waals surface area contributed by atoms with Crippen LogP contribution >= 0.6 is 0 Å². The second kappa shape index (κ2) is 4.65. The van der Waals surface area contributed by atoms with Crippen LogP contribution in [0.2, 0.25) is 0 Å². The summed E-state index contributed by atoms with van der Waals surface area (Å²) in [6.07, 6.45) is 0. The molecular formula is C16H17FO2.